The number of amides is 1. The minimum Gasteiger partial charge on any atom is -0.293 e. The highest BCUT2D eigenvalue weighted by atomic mass is 32.2. The van der Waals surface area contributed by atoms with Crippen LogP contribution < -0.4 is 11.3 Å². The SMILES string of the molecule is CC(C)(C(=O)NN)S(=O)(=O)c1ccc(F)cc1. The molecule has 0 unspecified atom stereocenters. The van der Waals surface area contributed by atoms with Crippen molar-refractivity contribution in [3.8, 4) is 0 Å². The standard InChI is InChI=1S/C10H13FN2O3S/c1-10(2,9(14)13-12)17(15,16)8-5-3-7(11)4-6-8/h3-6H,12H2,1-2H3,(H,13,14). The van der Waals surface area contributed by atoms with Gasteiger partial charge >= 0.3 is 0 Å². The summed E-state index contributed by atoms with van der Waals surface area (Å²) >= 11 is 0. The molecular formula is C10H13FN2O3S. The second kappa shape index (κ2) is 4.42. The number of benzene rings is 1. The molecular weight excluding hydrogens is 247 g/mol. The van der Waals surface area contributed by atoms with E-state index in [4.69, 9.17) is 5.84 Å². The maximum absolute atomic E-state index is 12.7. The second-order valence-corrected chi connectivity index (χ2v) is 6.44. The lowest BCUT2D eigenvalue weighted by molar-refractivity contribution is -0.122. The first-order valence-corrected chi connectivity index (χ1v) is 6.23. The maximum atomic E-state index is 12.7. The molecule has 7 heteroatoms. The molecule has 1 aromatic rings. The number of hydrazine groups is 1. The van der Waals surface area contributed by atoms with Crippen molar-refractivity contribution in [2.75, 3.05) is 0 Å². The fourth-order valence-electron chi connectivity index (χ4n) is 1.20. The van der Waals surface area contributed by atoms with Crippen LogP contribution in [-0.2, 0) is 14.6 Å². The van der Waals surface area contributed by atoms with Crippen LogP contribution in [0.2, 0.25) is 0 Å². The quantitative estimate of drug-likeness (QED) is 0.355. The van der Waals surface area contributed by atoms with Gasteiger partial charge in [0.15, 0.2) is 14.6 Å². The Morgan fingerprint density at radius 2 is 1.76 bits per heavy atom. The molecule has 0 aliphatic carbocycles. The Kier molecular flexibility index (Phi) is 3.53. The monoisotopic (exact) mass is 260 g/mol. The first-order valence-electron chi connectivity index (χ1n) is 4.74. The molecule has 0 aliphatic rings. The number of sulfone groups is 1. The Labute approximate surface area is 98.7 Å². The molecule has 1 aromatic carbocycles. The molecule has 17 heavy (non-hydrogen) atoms. The van der Waals surface area contributed by atoms with Gasteiger partial charge in [-0.25, -0.2) is 18.7 Å². The molecule has 0 bridgehead atoms. The van der Waals surface area contributed by atoms with Crippen molar-refractivity contribution < 1.29 is 17.6 Å². The molecule has 1 amide bonds. The summed E-state index contributed by atoms with van der Waals surface area (Å²) in [5, 5.41) is 0. The number of halogens is 1. The molecule has 0 saturated carbocycles. The van der Waals surface area contributed by atoms with Gasteiger partial charge in [-0.05, 0) is 38.1 Å². The molecule has 0 radical (unpaired) electrons. The van der Waals surface area contributed by atoms with Crippen LogP contribution in [-0.4, -0.2) is 19.1 Å². The van der Waals surface area contributed by atoms with Crippen LogP contribution in [0.3, 0.4) is 0 Å². The van der Waals surface area contributed by atoms with Crippen molar-refractivity contribution in [2.45, 2.75) is 23.5 Å². The smallest absolute Gasteiger partial charge is 0.255 e. The fraction of sp³-hybridized carbons (Fsp3) is 0.300. The Morgan fingerprint density at radius 1 is 1.29 bits per heavy atom. The zero-order chi connectivity index (χ0) is 13.3. The lowest BCUT2D eigenvalue weighted by Gasteiger charge is -2.22. The summed E-state index contributed by atoms with van der Waals surface area (Å²) in [6.07, 6.45) is 0. The highest BCUT2D eigenvalue weighted by Crippen LogP contribution is 2.25. The Hall–Kier alpha value is -1.47. The molecule has 5 nitrogen and oxygen atoms in total. The highest BCUT2D eigenvalue weighted by Gasteiger charge is 2.42. The van der Waals surface area contributed by atoms with Crippen LogP contribution in [0, 0.1) is 5.82 Å². The van der Waals surface area contributed by atoms with E-state index in [9.17, 15) is 17.6 Å². The third-order valence-electron chi connectivity index (χ3n) is 2.47. The van der Waals surface area contributed by atoms with Crippen LogP contribution in [0.25, 0.3) is 0 Å². The molecule has 0 saturated heterocycles. The van der Waals surface area contributed by atoms with Gasteiger partial charge in [-0.2, -0.15) is 0 Å². The summed E-state index contributed by atoms with van der Waals surface area (Å²) in [6, 6.07) is 4.25. The fourth-order valence-corrected chi connectivity index (χ4v) is 2.59. The minimum absolute atomic E-state index is 0.132. The molecule has 1 rings (SSSR count). The van der Waals surface area contributed by atoms with E-state index in [1.807, 2.05) is 0 Å². The highest BCUT2D eigenvalue weighted by molar-refractivity contribution is 7.93. The number of rotatable bonds is 3. The topological polar surface area (TPSA) is 89.3 Å². The Balaban J connectivity index is 3.29. The zero-order valence-corrected chi connectivity index (χ0v) is 10.2. The summed E-state index contributed by atoms with van der Waals surface area (Å²) in [5.74, 6) is 3.55. The van der Waals surface area contributed by atoms with E-state index in [0.29, 0.717) is 0 Å². The molecule has 0 aromatic heterocycles. The summed E-state index contributed by atoms with van der Waals surface area (Å²) in [4.78, 5) is 11.3. The van der Waals surface area contributed by atoms with Crippen LogP contribution in [0.1, 0.15) is 13.8 Å². The van der Waals surface area contributed by atoms with Gasteiger partial charge in [0, 0.05) is 0 Å². The van der Waals surface area contributed by atoms with Crippen molar-refractivity contribution in [1.82, 2.24) is 5.43 Å². The van der Waals surface area contributed by atoms with E-state index in [2.05, 4.69) is 0 Å². The predicted octanol–water partition coefficient (Wildman–Crippen LogP) is 0.368. The predicted molar refractivity (Wildman–Crippen MR) is 60.0 cm³/mol. The summed E-state index contributed by atoms with van der Waals surface area (Å²) in [7, 11) is -3.93. The van der Waals surface area contributed by atoms with Gasteiger partial charge in [0.25, 0.3) is 5.91 Å². The number of hydrogen-bond donors (Lipinski definition) is 2. The van der Waals surface area contributed by atoms with Crippen LogP contribution >= 0.6 is 0 Å². The van der Waals surface area contributed by atoms with E-state index < -0.39 is 26.3 Å². The average Bonchev–Trinajstić information content (AvgIpc) is 2.28. The number of carbonyl (C=O) groups is 1. The third-order valence-corrected chi connectivity index (χ3v) is 4.90. The Morgan fingerprint density at radius 3 is 2.18 bits per heavy atom. The van der Waals surface area contributed by atoms with E-state index in [0.717, 1.165) is 24.3 Å². The van der Waals surface area contributed by atoms with Crippen molar-refractivity contribution in [2.24, 2.45) is 5.84 Å². The molecule has 0 aliphatic heterocycles. The number of carbonyl (C=O) groups excluding carboxylic acids is 1. The average molecular weight is 260 g/mol. The van der Waals surface area contributed by atoms with Gasteiger partial charge in [-0.3, -0.25) is 10.2 Å². The summed E-state index contributed by atoms with van der Waals surface area (Å²) in [5.41, 5.74) is 1.80. The lowest BCUT2D eigenvalue weighted by Crippen LogP contribution is -2.50. The Bertz CT molecular complexity index is 523. The first kappa shape index (κ1) is 13.6. The molecule has 0 fully saturated rings. The third kappa shape index (κ3) is 2.29. The molecule has 94 valence electrons. The molecule has 0 heterocycles. The van der Waals surface area contributed by atoms with Gasteiger partial charge in [0.05, 0.1) is 4.90 Å². The summed E-state index contributed by atoms with van der Waals surface area (Å²) in [6.45, 7) is 2.46. The van der Waals surface area contributed by atoms with Crippen molar-refractivity contribution in [1.29, 1.82) is 0 Å². The van der Waals surface area contributed by atoms with Crippen LogP contribution in [0.5, 0.6) is 0 Å². The van der Waals surface area contributed by atoms with E-state index in [1.54, 1.807) is 5.43 Å². The molecule has 0 atom stereocenters. The number of nitrogens with one attached hydrogen (secondary N) is 1. The first-order chi connectivity index (χ1) is 7.73. The van der Waals surface area contributed by atoms with Crippen molar-refractivity contribution in [3.63, 3.8) is 0 Å². The lowest BCUT2D eigenvalue weighted by atomic mass is 10.2. The van der Waals surface area contributed by atoms with Gasteiger partial charge in [0.2, 0.25) is 0 Å². The van der Waals surface area contributed by atoms with Gasteiger partial charge in [-0.1, -0.05) is 0 Å². The van der Waals surface area contributed by atoms with Crippen LogP contribution in [0.4, 0.5) is 4.39 Å². The van der Waals surface area contributed by atoms with Gasteiger partial charge in [0.1, 0.15) is 5.82 Å². The van der Waals surface area contributed by atoms with Gasteiger partial charge in [-0.15, -0.1) is 0 Å². The van der Waals surface area contributed by atoms with E-state index >= 15 is 0 Å². The molecule has 0 spiro atoms. The van der Waals surface area contributed by atoms with E-state index in [-0.39, 0.29) is 4.90 Å². The normalized spacial score (nSPS) is 12.2. The summed E-state index contributed by atoms with van der Waals surface area (Å²) < 4.78 is 35.2. The number of nitrogens with two attached hydrogens (primary N) is 1. The van der Waals surface area contributed by atoms with E-state index in [1.165, 1.54) is 13.8 Å². The van der Waals surface area contributed by atoms with Crippen molar-refractivity contribution in [3.05, 3.63) is 30.1 Å². The second-order valence-electron chi connectivity index (χ2n) is 3.94. The number of hydrogen-bond acceptors (Lipinski definition) is 4. The zero-order valence-electron chi connectivity index (χ0n) is 9.40. The maximum Gasteiger partial charge on any atom is 0.255 e. The largest absolute Gasteiger partial charge is 0.293 e. The molecule has 3 N–H and O–H groups in total. The van der Waals surface area contributed by atoms with Gasteiger partial charge < -0.3 is 0 Å². The van der Waals surface area contributed by atoms with Crippen LogP contribution in [0.15, 0.2) is 29.2 Å². The minimum atomic E-state index is -3.93. The van der Waals surface area contributed by atoms with Crippen molar-refractivity contribution >= 4 is 15.7 Å².